The fourth-order valence-corrected chi connectivity index (χ4v) is 3.27. The molecule has 0 saturated carbocycles. The van der Waals surface area contributed by atoms with Gasteiger partial charge in [-0.3, -0.25) is 14.6 Å². The zero-order valence-electron chi connectivity index (χ0n) is 20.1. The summed E-state index contributed by atoms with van der Waals surface area (Å²) < 4.78 is 30.4. The van der Waals surface area contributed by atoms with Crippen molar-refractivity contribution in [1.82, 2.24) is 15.3 Å². The number of rotatable bonds is 6. The molecule has 190 valence electrons. The minimum Gasteiger partial charge on any atom is -0.493 e. The number of benzene rings is 2. The lowest BCUT2D eigenvalue weighted by Crippen LogP contribution is -2.29. The van der Waals surface area contributed by atoms with Gasteiger partial charge in [0.15, 0.2) is 11.6 Å². The van der Waals surface area contributed by atoms with E-state index in [0.717, 1.165) is 34.3 Å². The predicted octanol–water partition coefficient (Wildman–Crippen LogP) is 3.60. The number of nitrogens with one attached hydrogen (secondary N) is 2. The topological polar surface area (TPSA) is 104 Å². The van der Waals surface area contributed by atoms with Gasteiger partial charge in [0.05, 0.1) is 18.7 Å². The molecular formula is C28H25F2N3O4. The first-order valence-corrected chi connectivity index (χ1v) is 11.4. The summed E-state index contributed by atoms with van der Waals surface area (Å²) in [4.78, 5) is 30.3. The van der Waals surface area contributed by atoms with Crippen LogP contribution in [-0.2, 0) is 6.42 Å². The van der Waals surface area contributed by atoms with Gasteiger partial charge < -0.3 is 20.1 Å². The van der Waals surface area contributed by atoms with Gasteiger partial charge in [0.1, 0.15) is 11.3 Å². The number of carbonyl (C=O) groups excluding carboxylic acids is 1. The van der Waals surface area contributed by atoms with Gasteiger partial charge in [-0.15, -0.1) is 0 Å². The summed E-state index contributed by atoms with van der Waals surface area (Å²) in [6, 6.07) is 14.1. The van der Waals surface area contributed by atoms with Crippen molar-refractivity contribution in [1.29, 1.82) is 0 Å². The first-order chi connectivity index (χ1) is 17.9. The van der Waals surface area contributed by atoms with Crippen molar-refractivity contribution in [2.24, 2.45) is 0 Å². The molecule has 4 aromatic rings. The van der Waals surface area contributed by atoms with E-state index in [2.05, 4.69) is 27.1 Å². The highest BCUT2D eigenvalue weighted by atomic mass is 19.2. The van der Waals surface area contributed by atoms with Gasteiger partial charge in [0, 0.05) is 30.0 Å². The van der Waals surface area contributed by atoms with E-state index in [9.17, 15) is 18.4 Å². The van der Waals surface area contributed by atoms with Crippen molar-refractivity contribution in [2.75, 3.05) is 19.8 Å². The van der Waals surface area contributed by atoms with E-state index >= 15 is 0 Å². The fraction of sp³-hybridized carbons (Fsp3) is 0.179. The maximum atomic E-state index is 12.4. The van der Waals surface area contributed by atoms with Crippen molar-refractivity contribution >= 4 is 16.8 Å². The minimum atomic E-state index is -0.865. The second-order valence-corrected chi connectivity index (χ2v) is 7.59. The summed E-state index contributed by atoms with van der Waals surface area (Å²) in [5.74, 6) is 4.46. The van der Waals surface area contributed by atoms with Crippen LogP contribution in [0.5, 0.6) is 5.75 Å². The third kappa shape index (κ3) is 7.72. The van der Waals surface area contributed by atoms with Gasteiger partial charge >= 0.3 is 0 Å². The van der Waals surface area contributed by atoms with E-state index in [4.69, 9.17) is 9.84 Å². The lowest BCUT2D eigenvalue weighted by molar-refractivity contribution is 0.0957. The van der Waals surface area contributed by atoms with Crippen LogP contribution in [0, 0.1) is 23.5 Å². The van der Waals surface area contributed by atoms with Crippen LogP contribution in [0.2, 0.25) is 0 Å². The number of carbonyl (C=O) groups is 1. The number of aliphatic hydroxyl groups excluding tert-OH is 1. The van der Waals surface area contributed by atoms with Gasteiger partial charge in [0.2, 0.25) is 0 Å². The summed E-state index contributed by atoms with van der Waals surface area (Å²) in [6.45, 7) is 2.58. The molecule has 2 aromatic carbocycles. The molecule has 7 nitrogen and oxygen atoms in total. The number of hydrogen-bond acceptors (Lipinski definition) is 5. The molecular weight excluding hydrogens is 480 g/mol. The van der Waals surface area contributed by atoms with Gasteiger partial charge in [0.25, 0.3) is 11.5 Å². The number of H-pyrrole nitrogens is 1. The standard InChI is InChI=1S/C20H17N3O3.C8H8F2O/c1-2-26-18-9-12-21-17-8-7-14(13-16(17)18)5-3-10-22-19(24)15-6-4-11-23-20(15)25;9-7-2-1-6(3-4-11)5-8(7)10/h4,6-9,11-13H,2,10H2,1H3,(H,22,24)(H,23,25);1-2,5,11H,3-4H2. The highest BCUT2D eigenvalue weighted by Gasteiger charge is 2.07. The van der Waals surface area contributed by atoms with E-state index in [1.807, 2.05) is 31.2 Å². The van der Waals surface area contributed by atoms with Crippen LogP contribution in [0.1, 0.15) is 28.4 Å². The Hall–Kier alpha value is -4.55. The number of aromatic nitrogens is 2. The molecule has 2 heterocycles. The number of pyridine rings is 2. The molecule has 1 amide bonds. The fourth-order valence-electron chi connectivity index (χ4n) is 3.27. The van der Waals surface area contributed by atoms with E-state index in [0.29, 0.717) is 18.6 Å². The van der Waals surface area contributed by atoms with E-state index in [1.165, 1.54) is 18.3 Å². The number of fused-ring (bicyclic) bond motifs is 1. The second kappa shape index (κ2) is 13.5. The average molecular weight is 506 g/mol. The molecule has 4 rings (SSSR count). The molecule has 9 heteroatoms. The number of halogens is 2. The smallest absolute Gasteiger partial charge is 0.260 e. The van der Waals surface area contributed by atoms with Crippen molar-refractivity contribution in [3.63, 3.8) is 0 Å². The Kier molecular flexibility index (Phi) is 9.88. The Morgan fingerprint density at radius 2 is 1.97 bits per heavy atom. The Balaban J connectivity index is 0.000000289. The molecule has 0 spiro atoms. The van der Waals surface area contributed by atoms with E-state index in [1.54, 1.807) is 12.3 Å². The Labute approximate surface area is 212 Å². The van der Waals surface area contributed by atoms with Crippen LogP contribution in [0.4, 0.5) is 8.78 Å². The molecule has 0 bridgehead atoms. The summed E-state index contributed by atoms with van der Waals surface area (Å²) in [6.07, 6.45) is 3.54. The van der Waals surface area contributed by atoms with Crippen molar-refractivity contribution in [2.45, 2.75) is 13.3 Å². The lowest BCUT2D eigenvalue weighted by atomic mass is 10.1. The Morgan fingerprint density at radius 3 is 2.70 bits per heavy atom. The van der Waals surface area contributed by atoms with Crippen LogP contribution < -0.4 is 15.6 Å². The SMILES string of the molecule is CCOc1ccnc2ccc(C#CCNC(=O)c3ccc[nH]c3=O)cc12.OCCc1ccc(F)c(F)c1. The van der Waals surface area contributed by atoms with Gasteiger partial charge in [-0.05, 0) is 67.4 Å². The van der Waals surface area contributed by atoms with Gasteiger partial charge in [-0.1, -0.05) is 17.9 Å². The zero-order chi connectivity index (χ0) is 26.6. The second-order valence-electron chi connectivity index (χ2n) is 7.59. The predicted molar refractivity (Wildman–Crippen MR) is 136 cm³/mol. The summed E-state index contributed by atoms with van der Waals surface area (Å²) in [7, 11) is 0. The highest BCUT2D eigenvalue weighted by molar-refractivity contribution is 5.93. The minimum absolute atomic E-state index is 0.0505. The highest BCUT2D eigenvalue weighted by Crippen LogP contribution is 2.24. The average Bonchev–Trinajstić information content (AvgIpc) is 2.90. The monoisotopic (exact) mass is 505 g/mol. The number of nitrogens with zero attached hydrogens (tertiary/aromatic N) is 1. The molecule has 0 radical (unpaired) electrons. The molecule has 0 aliphatic heterocycles. The van der Waals surface area contributed by atoms with E-state index in [-0.39, 0.29) is 18.7 Å². The first-order valence-electron chi connectivity index (χ1n) is 11.4. The first kappa shape index (κ1) is 27.0. The maximum Gasteiger partial charge on any atom is 0.260 e. The van der Waals surface area contributed by atoms with Crippen LogP contribution in [0.15, 0.2) is 71.8 Å². The largest absolute Gasteiger partial charge is 0.493 e. The van der Waals surface area contributed by atoms with Gasteiger partial charge in [-0.2, -0.15) is 0 Å². The van der Waals surface area contributed by atoms with Crippen molar-refractivity contribution in [3.05, 3.63) is 106 Å². The van der Waals surface area contributed by atoms with Gasteiger partial charge in [-0.25, -0.2) is 8.78 Å². The van der Waals surface area contributed by atoms with Crippen LogP contribution in [0.25, 0.3) is 10.9 Å². The number of amides is 1. The number of aliphatic hydroxyl groups is 1. The van der Waals surface area contributed by atoms with Crippen LogP contribution in [0.3, 0.4) is 0 Å². The molecule has 0 saturated heterocycles. The molecule has 2 aromatic heterocycles. The van der Waals surface area contributed by atoms with Crippen LogP contribution >= 0.6 is 0 Å². The Morgan fingerprint density at radius 1 is 1.14 bits per heavy atom. The summed E-state index contributed by atoms with van der Waals surface area (Å²) in [5.41, 5.74) is 1.86. The Bertz CT molecular complexity index is 1490. The molecule has 37 heavy (non-hydrogen) atoms. The third-order valence-electron chi connectivity index (χ3n) is 5.02. The normalized spacial score (nSPS) is 10.1. The van der Waals surface area contributed by atoms with Crippen molar-refractivity contribution < 1.29 is 23.4 Å². The summed E-state index contributed by atoms with van der Waals surface area (Å²) in [5, 5.41) is 12.0. The third-order valence-corrected chi connectivity index (χ3v) is 5.02. The summed E-state index contributed by atoms with van der Waals surface area (Å²) >= 11 is 0. The van der Waals surface area contributed by atoms with E-state index < -0.39 is 23.1 Å². The lowest BCUT2D eigenvalue weighted by Gasteiger charge is -2.06. The number of hydrogen-bond donors (Lipinski definition) is 3. The quantitative estimate of drug-likeness (QED) is 0.348. The number of aromatic amines is 1. The maximum absolute atomic E-state index is 12.4. The molecule has 0 unspecified atom stereocenters. The molecule has 3 N–H and O–H groups in total. The molecule has 0 fully saturated rings. The molecule has 0 aliphatic rings. The zero-order valence-corrected chi connectivity index (χ0v) is 20.1. The molecule has 0 aliphatic carbocycles. The van der Waals surface area contributed by atoms with Crippen LogP contribution in [-0.4, -0.2) is 40.7 Å². The number of ether oxygens (including phenoxy) is 1. The molecule has 0 atom stereocenters. The van der Waals surface area contributed by atoms with Crippen molar-refractivity contribution in [3.8, 4) is 17.6 Å².